The highest BCUT2D eigenvalue weighted by atomic mass is 14.9. The van der Waals surface area contributed by atoms with E-state index in [1.807, 2.05) is 6.92 Å². The maximum Gasteiger partial charge on any atom is 0.0666 e. The minimum Gasteiger partial charge on any atom is -0.317 e. The van der Waals surface area contributed by atoms with Gasteiger partial charge in [0.2, 0.25) is 0 Å². The van der Waals surface area contributed by atoms with E-state index in [1.54, 1.807) is 0 Å². The SMILES string of the molecule is CC(C#N)CNC1CCCNCC1. The third-order valence-electron chi connectivity index (χ3n) is 2.51. The average Bonchev–Trinajstić information content (AvgIpc) is 2.42. The Morgan fingerprint density at radius 3 is 3.15 bits per heavy atom. The molecule has 2 N–H and O–H groups in total. The van der Waals surface area contributed by atoms with Crippen LogP contribution < -0.4 is 10.6 Å². The maximum atomic E-state index is 8.62. The summed E-state index contributed by atoms with van der Waals surface area (Å²) < 4.78 is 0. The first-order chi connectivity index (χ1) is 6.33. The highest BCUT2D eigenvalue weighted by Crippen LogP contribution is 2.05. The fraction of sp³-hybridized carbons (Fsp3) is 0.900. The van der Waals surface area contributed by atoms with Gasteiger partial charge in [-0.05, 0) is 39.3 Å². The molecule has 1 heterocycles. The molecule has 1 saturated heterocycles. The number of rotatable bonds is 3. The Hall–Kier alpha value is -0.590. The van der Waals surface area contributed by atoms with Crippen molar-refractivity contribution in [3.8, 4) is 6.07 Å². The van der Waals surface area contributed by atoms with E-state index in [-0.39, 0.29) is 5.92 Å². The zero-order valence-electron chi connectivity index (χ0n) is 8.34. The van der Waals surface area contributed by atoms with Gasteiger partial charge in [-0.25, -0.2) is 0 Å². The van der Waals surface area contributed by atoms with E-state index in [2.05, 4.69) is 16.7 Å². The van der Waals surface area contributed by atoms with Crippen molar-refractivity contribution in [2.24, 2.45) is 5.92 Å². The summed E-state index contributed by atoms with van der Waals surface area (Å²) in [4.78, 5) is 0. The van der Waals surface area contributed by atoms with Crippen molar-refractivity contribution in [1.29, 1.82) is 5.26 Å². The van der Waals surface area contributed by atoms with E-state index in [0.717, 1.165) is 19.6 Å². The third-order valence-corrected chi connectivity index (χ3v) is 2.51. The van der Waals surface area contributed by atoms with Gasteiger partial charge < -0.3 is 10.6 Å². The summed E-state index contributed by atoms with van der Waals surface area (Å²) in [6, 6.07) is 2.86. The van der Waals surface area contributed by atoms with E-state index < -0.39 is 0 Å². The molecule has 0 aromatic carbocycles. The maximum absolute atomic E-state index is 8.62. The Morgan fingerprint density at radius 2 is 2.38 bits per heavy atom. The predicted molar refractivity (Wildman–Crippen MR) is 53.3 cm³/mol. The smallest absolute Gasteiger partial charge is 0.0666 e. The van der Waals surface area contributed by atoms with Crippen molar-refractivity contribution in [2.45, 2.75) is 32.2 Å². The summed E-state index contributed by atoms with van der Waals surface area (Å²) in [6.45, 7) is 5.05. The molecule has 74 valence electrons. The van der Waals surface area contributed by atoms with E-state index in [1.165, 1.54) is 19.3 Å². The molecule has 3 nitrogen and oxygen atoms in total. The summed E-state index contributed by atoms with van der Waals surface area (Å²) in [6.07, 6.45) is 3.68. The lowest BCUT2D eigenvalue weighted by Gasteiger charge is -2.16. The lowest BCUT2D eigenvalue weighted by molar-refractivity contribution is 0.449. The molecule has 0 amide bonds. The van der Waals surface area contributed by atoms with Crippen LogP contribution in [0.15, 0.2) is 0 Å². The van der Waals surface area contributed by atoms with Crippen LogP contribution in [0.5, 0.6) is 0 Å². The molecule has 0 radical (unpaired) electrons. The normalized spacial score (nSPS) is 26.0. The lowest BCUT2D eigenvalue weighted by Crippen LogP contribution is -2.33. The van der Waals surface area contributed by atoms with Crippen LogP contribution in [0.4, 0.5) is 0 Å². The second kappa shape index (κ2) is 5.95. The first-order valence-electron chi connectivity index (χ1n) is 5.16. The third kappa shape index (κ3) is 4.25. The molecular weight excluding hydrogens is 162 g/mol. The van der Waals surface area contributed by atoms with Gasteiger partial charge in [0.25, 0.3) is 0 Å². The molecule has 1 aliphatic heterocycles. The van der Waals surface area contributed by atoms with E-state index >= 15 is 0 Å². The van der Waals surface area contributed by atoms with E-state index in [4.69, 9.17) is 5.26 Å². The van der Waals surface area contributed by atoms with E-state index in [9.17, 15) is 0 Å². The Labute approximate surface area is 80.5 Å². The minimum absolute atomic E-state index is 0.135. The van der Waals surface area contributed by atoms with Gasteiger partial charge in [-0.15, -0.1) is 0 Å². The van der Waals surface area contributed by atoms with Crippen molar-refractivity contribution < 1.29 is 0 Å². The molecule has 0 spiro atoms. The van der Waals surface area contributed by atoms with Crippen LogP contribution >= 0.6 is 0 Å². The highest BCUT2D eigenvalue weighted by Gasteiger charge is 2.11. The van der Waals surface area contributed by atoms with Crippen molar-refractivity contribution in [2.75, 3.05) is 19.6 Å². The summed E-state index contributed by atoms with van der Waals surface area (Å²) >= 11 is 0. The molecular formula is C10H19N3. The standard InChI is InChI=1S/C10H19N3/c1-9(7-11)8-13-10-3-2-5-12-6-4-10/h9-10,12-13H,2-6,8H2,1H3. The lowest BCUT2D eigenvalue weighted by atomic mass is 10.1. The number of hydrogen-bond donors (Lipinski definition) is 2. The zero-order valence-corrected chi connectivity index (χ0v) is 8.34. The molecule has 3 heteroatoms. The quantitative estimate of drug-likeness (QED) is 0.679. The topological polar surface area (TPSA) is 47.9 Å². The highest BCUT2D eigenvalue weighted by molar-refractivity contribution is 4.82. The van der Waals surface area contributed by atoms with Gasteiger partial charge in [0.05, 0.1) is 12.0 Å². The van der Waals surface area contributed by atoms with Crippen molar-refractivity contribution in [3.63, 3.8) is 0 Å². The summed E-state index contributed by atoms with van der Waals surface area (Å²) in [5.41, 5.74) is 0. The molecule has 0 aliphatic carbocycles. The molecule has 1 rings (SSSR count). The van der Waals surface area contributed by atoms with Crippen LogP contribution in [0.2, 0.25) is 0 Å². The van der Waals surface area contributed by atoms with Crippen LogP contribution in [-0.4, -0.2) is 25.7 Å². The first kappa shape index (κ1) is 10.5. The van der Waals surface area contributed by atoms with Gasteiger partial charge in [-0.3, -0.25) is 0 Å². The number of nitrogens with one attached hydrogen (secondary N) is 2. The van der Waals surface area contributed by atoms with Crippen LogP contribution in [0.1, 0.15) is 26.2 Å². The Kier molecular flexibility index (Phi) is 4.81. The van der Waals surface area contributed by atoms with Crippen molar-refractivity contribution >= 4 is 0 Å². The number of hydrogen-bond acceptors (Lipinski definition) is 3. The van der Waals surface area contributed by atoms with Gasteiger partial charge in [-0.2, -0.15) is 5.26 Å². The predicted octanol–water partition coefficient (Wildman–Crippen LogP) is 0.878. The number of nitrogens with zero attached hydrogens (tertiary/aromatic N) is 1. The fourth-order valence-electron chi connectivity index (χ4n) is 1.61. The monoisotopic (exact) mass is 181 g/mol. The Morgan fingerprint density at radius 1 is 1.54 bits per heavy atom. The molecule has 2 atom stereocenters. The molecule has 0 saturated carbocycles. The molecule has 0 bridgehead atoms. The average molecular weight is 181 g/mol. The van der Waals surface area contributed by atoms with Gasteiger partial charge in [-0.1, -0.05) is 0 Å². The van der Waals surface area contributed by atoms with Gasteiger partial charge in [0, 0.05) is 12.6 Å². The molecule has 2 unspecified atom stereocenters. The van der Waals surface area contributed by atoms with Gasteiger partial charge in [0.15, 0.2) is 0 Å². The molecule has 1 fully saturated rings. The van der Waals surface area contributed by atoms with Crippen LogP contribution in [0, 0.1) is 17.2 Å². The zero-order chi connectivity index (χ0) is 9.52. The second-order valence-corrected chi connectivity index (χ2v) is 3.82. The molecule has 13 heavy (non-hydrogen) atoms. The number of nitriles is 1. The van der Waals surface area contributed by atoms with E-state index in [0.29, 0.717) is 6.04 Å². The Bertz CT molecular complexity index is 165. The summed E-state index contributed by atoms with van der Waals surface area (Å²) in [5, 5.41) is 15.4. The summed E-state index contributed by atoms with van der Waals surface area (Å²) in [7, 11) is 0. The largest absolute Gasteiger partial charge is 0.317 e. The van der Waals surface area contributed by atoms with Crippen LogP contribution in [-0.2, 0) is 0 Å². The molecule has 1 aliphatic rings. The molecule has 0 aromatic heterocycles. The minimum atomic E-state index is 0.135. The molecule has 0 aromatic rings. The van der Waals surface area contributed by atoms with Crippen LogP contribution in [0.25, 0.3) is 0 Å². The Balaban J connectivity index is 2.16. The first-order valence-corrected chi connectivity index (χ1v) is 5.16. The van der Waals surface area contributed by atoms with Gasteiger partial charge >= 0.3 is 0 Å². The summed E-state index contributed by atoms with van der Waals surface area (Å²) in [5.74, 6) is 0.135. The van der Waals surface area contributed by atoms with Crippen molar-refractivity contribution in [1.82, 2.24) is 10.6 Å². The fourth-order valence-corrected chi connectivity index (χ4v) is 1.61. The second-order valence-electron chi connectivity index (χ2n) is 3.82. The van der Waals surface area contributed by atoms with Crippen molar-refractivity contribution in [3.05, 3.63) is 0 Å². The van der Waals surface area contributed by atoms with Gasteiger partial charge in [0.1, 0.15) is 0 Å². The van der Waals surface area contributed by atoms with Crippen LogP contribution in [0.3, 0.4) is 0 Å².